The highest BCUT2D eigenvalue weighted by molar-refractivity contribution is 5.87. The molecule has 2 aromatic carbocycles. The first-order chi connectivity index (χ1) is 12.7. The van der Waals surface area contributed by atoms with E-state index in [1.165, 1.54) is 7.11 Å². The fraction of sp³-hybridized carbons (Fsp3) is 0.300. The SMILES string of the molecule is COC(=O)Cc1ccc(OCCNC(=O)[C@@H]2Cc3ccccc3N2)cc1. The lowest BCUT2D eigenvalue weighted by Gasteiger charge is -2.12. The molecule has 2 aromatic rings. The zero-order valence-electron chi connectivity index (χ0n) is 14.7. The van der Waals surface area contributed by atoms with Gasteiger partial charge in [-0.25, -0.2) is 0 Å². The number of anilines is 1. The van der Waals surface area contributed by atoms with E-state index in [-0.39, 0.29) is 24.3 Å². The molecule has 0 saturated carbocycles. The van der Waals surface area contributed by atoms with Gasteiger partial charge in [0.15, 0.2) is 0 Å². The number of carbonyl (C=O) groups excluding carboxylic acids is 2. The van der Waals surface area contributed by atoms with Gasteiger partial charge in [0, 0.05) is 12.1 Å². The fourth-order valence-corrected chi connectivity index (χ4v) is 2.86. The van der Waals surface area contributed by atoms with Crippen molar-refractivity contribution in [2.24, 2.45) is 0 Å². The van der Waals surface area contributed by atoms with Crippen LogP contribution in [0.25, 0.3) is 0 Å². The fourth-order valence-electron chi connectivity index (χ4n) is 2.86. The maximum absolute atomic E-state index is 12.2. The highest BCUT2D eigenvalue weighted by atomic mass is 16.5. The molecule has 1 aliphatic heterocycles. The molecule has 6 nitrogen and oxygen atoms in total. The molecule has 1 amide bonds. The van der Waals surface area contributed by atoms with Crippen molar-refractivity contribution in [3.8, 4) is 5.75 Å². The average molecular weight is 354 g/mol. The molecular formula is C20H22N2O4. The summed E-state index contributed by atoms with van der Waals surface area (Å²) in [6, 6.07) is 15.0. The Hall–Kier alpha value is -3.02. The minimum Gasteiger partial charge on any atom is -0.492 e. The highest BCUT2D eigenvalue weighted by Crippen LogP contribution is 2.25. The summed E-state index contributed by atoms with van der Waals surface area (Å²) in [6.45, 7) is 0.805. The van der Waals surface area contributed by atoms with Gasteiger partial charge in [0.05, 0.1) is 20.1 Å². The number of hydrogen-bond acceptors (Lipinski definition) is 5. The van der Waals surface area contributed by atoms with Gasteiger partial charge in [-0.05, 0) is 29.3 Å². The van der Waals surface area contributed by atoms with Crippen LogP contribution >= 0.6 is 0 Å². The van der Waals surface area contributed by atoms with Gasteiger partial charge in [0.2, 0.25) is 5.91 Å². The molecule has 0 bridgehead atoms. The van der Waals surface area contributed by atoms with Crippen LogP contribution in [0.2, 0.25) is 0 Å². The van der Waals surface area contributed by atoms with Crippen molar-refractivity contribution < 1.29 is 19.1 Å². The number of rotatable bonds is 7. The number of benzene rings is 2. The average Bonchev–Trinajstić information content (AvgIpc) is 3.10. The quantitative estimate of drug-likeness (QED) is 0.587. The van der Waals surface area contributed by atoms with Crippen molar-refractivity contribution in [2.45, 2.75) is 18.9 Å². The number of amides is 1. The van der Waals surface area contributed by atoms with Crippen LogP contribution < -0.4 is 15.4 Å². The molecule has 2 N–H and O–H groups in total. The lowest BCUT2D eigenvalue weighted by atomic mass is 10.1. The van der Waals surface area contributed by atoms with Crippen molar-refractivity contribution >= 4 is 17.6 Å². The number of hydrogen-bond donors (Lipinski definition) is 2. The Morgan fingerprint density at radius 1 is 1.15 bits per heavy atom. The van der Waals surface area contributed by atoms with E-state index in [1.807, 2.05) is 36.4 Å². The maximum atomic E-state index is 12.2. The standard InChI is InChI=1S/C20H22N2O4/c1-25-19(23)12-14-6-8-16(9-7-14)26-11-10-21-20(24)18-13-15-4-2-3-5-17(15)22-18/h2-9,18,22H,10-13H2,1H3,(H,21,24)/t18-/m0/s1. The first kappa shape index (κ1) is 17.8. The molecule has 136 valence electrons. The van der Waals surface area contributed by atoms with Crippen molar-refractivity contribution in [3.63, 3.8) is 0 Å². The summed E-state index contributed by atoms with van der Waals surface area (Å²) in [6.07, 6.45) is 0.939. The predicted octanol–water partition coefficient (Wildman–Crippen LogP) is 1.93. The monoisotopic (exact) mass is 354 g/mol. The van der Waals surface area contributed by atoms with Gasteiger partial charge >= 0.3 is 5.97 Å². The molecule has 3 rings (SSSR count). The summed E-state index contributed by atoms with van der Waals surface area (Å²) >= 11 is 0. The smallest absolute Gasteiger partial charge is 0.309 e. The van der Waals surface area contributed by atoms with E-state index in [0.29, 0.717) is 25.3 Å². The first-order valence-electron chi connectivity index (χ1n) is 8.56. The second kappa shape index (κ2) is 8.38. The zero-order valence-corrected chi connectivity index (χ0v) is 14.7. The predicted molar refractivity (Wildman–Crippen MR) is 98.2 cm³/mol. The van der Waals surface area contributed by atoms with Crippen LogP contribution in [0.1, 0.15) is 11.1 Å². The Labute approximate surface area is 152 Å². The molecule has 0 unspecified atom stereocenters. The van der Waals surface area contributed by atoms with Gasteiger partial charge in [-0.3, -0.25) is 9.59 Å². The molecule has 0 fully saturated rings. The lowest BCUT2D eigenvalue weighted by Crippen LogP contribution is -2.40. The number of methoxy groups -OCH3 is 1. The molecule has 1 heterocycles. The van der Waals surface area contributed by atoms with E-state index in [9.17, 15) is 9.59 Å². The van der Waals surface area contributed by atoms with E-state index in [0.717, 1.165) is 16.8 Å². The van der Waals surface area contributed by atoms with E-state index < -0.39 is 0 Å². The third-order valence-corrected chi connectivity index (χ3v) is 4.26. The van der Waals surface area contributed by atoms with E-state index in [1.54, 1.807) is 12.1 Å². The number of carbonyl (C=O) groups is 2. The Morgan fingerprint density at radius 2 is 1.92 bits per heavy atom. The first-order valence-corrected chi connectivity index (χ1v) is 8.56. The minimum absolute atomic E-state index is 0.0294. The van der Waals surface area contributed by atoms with Crippen molar-refractivity contribution in [1.82, 2.24) is 5.32 Å². The van der Waals surface area contributed by atoms with Crippen LogP contribution in [0.15, 0.2) is 48.5 Å². The van der Waals surface area contributed by atoms with E-state index >= 15 is 0 Å². The summed E-state index contributed by atoms with van der Waals surface area (Å²) in [5.41, 5.74) is 3.05. The Morgan fingerprint density at radius 3 is 2.65 bits per heavy atom. The normalized spacial score (nSPS) is 14.9. The van der Waals surface area contributed by atoms with Gasteiger partial charge in [-0.1, -0.05) is 30.3 Å². The number of ether oxygens (including phenoxy) is 2. The van der Waals surface area contributed by atoms with Crippen LogP contribution in [0.5, 0.6) is 5.75 Å². The molecule has 1 aliphatic rings. The van der Waals surface area contributed by atoms with Gasteiger partial charge in [-0.15, -0.1) is 0 Å². The minimum atomic E-state index is -0.274. The van der Waals surface area contributed by atoms with Crippen LogP contribution in [0.4, 0.5) is 5.69 Å². The van der Waals surface area contributed by atoms with Gasteiger partial charge < -0.3 is 20.1 Å². The van der Waals surface area contributed by atoms with Gasteiger partial charge in [0.25, 0.3) is 0 Å². The highest BCUT2D eigenvalue weighted by Gasteiger charge is 2.25. The largest absolute Gasteiger partial charge is 0.492 e. The van der Waals surface area contributed by atoms with Gasteiger partial charge in [0.1, 0.15) is 18.4 Å². The van der Waals surface area contributed by atoms with Crippen molar-refractivity contribution in [3.05, 3.63) is 59.7 Å². The van der Waals surface area contributed by atoms with Crippen LogP contribution in [0.3, 0.4) is 0 Å². The summed E-state index contributed by atoms with van der Waals surface area (Å²) in [5, 5.41) is 6.12. The molecular weight excluding hydrogens is 332 g/mol. The Bertz CT molecular complexity index is 749. The third-order valence-electron chi connectivity index (χ3n) is 4.26. The summed E-state index contributed by atoms with van der Waals surface area (Å²) in [4.78, 5) is 23.5. The van der Waals surface area contributed by atoms with Crippen LogP contribution in [0, 0.1) is 0 Å². The molecule has 0 radical (unpaired) electrons. The lowest BCUT2D eigenvalue weighted by molar-refractivity contribution is -0.139. The molecule has 0 aromatic heterocycles. The zero-order chi connectivity index (χ0) is 18.4. The molecule has 0 aliphatic carbocycles. The Kier molecular flexibility index (Phi) is 5.73. The maximum Gasteiger partial charge on any atom is 0.309 e. The van der Waals surface area contributed by atoms with Crippen LogP contribution in [-0.2, 0) is 27.2 Å². The Balaban J connectivity index is 1.38. The number of esters is 1. The molecule has 0 saturated heterocycles. The molecule has 0 spiro atoms. The van der Waals surface area contributed by atoms with Gasteiger partial charge in [-0.2, -0.15) is 0 Å². The van der Waals surface area contributed by atoms with Crippen molar-refractivity contribution in [2.75, 3.05) is 25.6 Å². The molecule has 26 heavy (non-hydrogen) atoms. The number of para-hydroxylation sites is 1. The third kappa shape index (κ3) is 4.53. The van der Waals surface area contributed by atoms with E-state index in [2.05, 4.69) is 15.4 Å². The molecule has 1 atom stereocenters. The second-order valence-electron chi connectivity index (χ2n) is 6.09. The number of nitrogens with one attached hydrogen (secondary N) is 2. The topological polar surface area (TPSA) is 76.7 Å². The summed E-state index contributed by atoms with van der Waals surface area (Å²) in [5.74, 6) is 0.390. The summed E-state index contributed by atoms with van der Waals surface area (Å²) < 4.78 is 10.2. The summed E-state index contributed by atoms with van der Waals surface area (Å²) in [7, 11) is 1.37. The van der Waals surface area contributed by atoms with Crippen molar-refractivity contribution in [1.29, 1.82) is 0 Å². The second-order valence-corrected chi connectivity index (χ2v) is 6.09. The van der Waals surface area contributed by atoms with Crippen LogP contribution in [-0.4, -0.2) is 38.2 Å². The van der Waals surface area contributed by atoms with E-state index in [4.69, 9.17) is 4.74 Å². The number of fused-ring (bicyclic) bond motifs is 1. The molecule has 6 heteroatoms.